The molecule has 3 heterocycles. The van der Waals surface area contributed by atoms with Gasteiger partial charge in [0.2, 0.25) is 5.91 Å². The highest BCUT2D eigenvalue weighted by atomic mass is 79.9. The highest BCUT2D eigenvalue weighted by Gasteiger charge is 2.70. The first kappa shape index (κ1) is 24.7. The number of hydrogen-bond donors (Lipinski definition) is 1. The summed E-state index contributed by atoms with van der Waals surface area (Å²) in [6.45, 7) is 0. The summed E-state index contributed by atoms with van der Waals surface area (Å²) in [5.41, 5.74) is 1.64. The molecule has 0 aromatic heterocycles. The molecule has 196 valence electrons. The number of benzene rings is 4. The Bertz CT molecular complexity index is 1750. The van der Waals surface area contributed by atoms with Crippen molar-refractivity contribution in [1.82, 2.24) is 0 Å². The third-order valence-corrected chi connectivity index (χ3v) is 8.89. The van der Waals surface area contributed by atoms with Gasteiger partial charge in [0.15, 0.2) is 11.6 Å². The van der Waals surface area contributed by atoms with Gasteiger partial charge in [-0.05, 0) is 47.5 Å². The van der Waals surface area contributed by atoms with Crippen LogP contribution in [0.25, 0.3) is 6.08 Å². The Kier molecular flexibility index (Phi) is 5.61. The minimum atomic E-state index is -1.43. The molecule has 0 saturated carbocycles. The fourth-order valence-corrected chi connectivity index (χ4v) is 7.00. The topological polar surface area (TPSA) is 66.5 Å². The molecule has 4 aromatic carbocycles. The Morgan fingerprint density at radius 2 is 1.55 bits per heavy atom. The van der Waals surface area contributed by atoms with Gasteiger partial charge in [0, 0.05) is 21.4 Å². The first-order valence-electron chi connectivity index (χ1n) is 13.0. The van der Waals surface area contributed by atoms with Crippen molar-refractivity contribution in [2.24, 2.45) is 5.92 Å². The zero-order valence-electron chi connectivity index (χ0n) is 21.1. The number of amides is 1. The monoisotopic (exact) mass is 592 g/mol. The number of rotatable bonds is 4. The van der Waals surface area contributed by atoms with Gasteiger partial charge in [-0.3, -0.25) is 14.4 Å². The third kappa shape index (κ3) is 3.34. The molecule has 3 aliphatic heterocycles. The molecule has 0 unspecified atom stereocenters. The molecule has 40 heavy (non-hydrogen) atoms. The summed E-state index contributed by atoms with van der Waals surface area (Å²) < 4.78 is 16.0. The second-order valence-electron chi connectivity index (χ2n) is 10.3. The van der Waals surface area contributed by atoms with Gasteiger partial charge in [-0.1, -0.05) is 88.7 Å². The van der Waals surface area contributed by atoms with Crippen molar-refractivity contribution >= 4 is 50.9 Å². The molecule has 1 fully saturated rings. The minimum absolute atomic E-state index is 0.115. The van der Waals surface area contributed by atoms with Crippen molar-refractivity contribution in [3.8, 4) is 0 Å². The number of nitrogens with one attached hydrogen (secondary N) is 1. The maximum Gasteiger partial charge on any atom is 0.238 e. The predicted octanol–water partition coefficient (Wildman–Crippen LogP) is 6.44. The van der Waals surface area contributed by atoms with E-state index in [1.165, 1.54) is 18.2 Å². The fourth-order valence-electron chi connectivity index (χ4n) is 6.73. The van der Waals surface area contributed by atoms with Crippen molar-refractivity contribution in [3.63, 3.8) is 0 Å². The van der Waals surface area contributed by atoms with E-state index in [0.717, 1.165) is 10.0 Å². The molecule has 4 atom stereocenters. The molecule has 1 spiro atoms. The molecule has 5 nitrogen and oxygen atoms in total. The summed E-state index contributed by atoms with van der Waals surface area (Å²) in [7, 11) is 0. The Morgan fingerprint density at radius 3 is 2.35 bits per heavy atom. The molecule has 0 radical (unpaired) electrons. The quantitative estimate of drug-likeness (QED) is 0.277. The number of fused-ring (bicyclic) bond motifs is 6. The van der Waals surface area contributed by atoms with Crippen LogP contribution in [0.2, 0.25) is 0 Å². The summed E-state index contributed by atoms with van der Waals surface area (Å²) >= 11 is 3.42. The van der Waals surface area contributed by atoms with Gasteiger partial charge >= 0.3 is 0 Å². The van der Waals surface area contributed by atoms with Gasteiger partial charge in [0.1, 0.15) is 17.3 Å². The van der Waals surface area contributed by atoms with Crippen molar-refractivity contribution in [2.45, 2.75) is 17.5 Å². The van der Waals surface area contributed by atoms with E-state index < -0.39 is 35.0 Å². The van der Waals surface area contributed by atoms with Gasteiger partial charge in [-0.15, -0.1) is 0 Å². The number of ketones is 2. The van der Waals surface area contributed by atoms with E-state index >= 15 is 4.39 Å². The van der Waals surface area contributed by atoms with Crippen LogP contribution in [0.1, 0.15) is 31.8 Å². The van der Waals surface area contributed by atoms with Crippen LogP contribution in [-0.4, -0.2) is 29.6 Å². The number of anilines is 2. The second-order valence-corrected chi connectivity index (χ2v) is 11.2. The molecule has 1 amide bonds. The maximum atomic E-state index is 15.2. The van der Waals surface area contributed by atoms with E-state index in [-0.39, 0.29) is 17.3 Å². The molecule has 1 saturated heterocycles. The van der Waals surface area contributed by atoms with Gasteiger partial charge in [0.05, 0.1) is 17.5 Å². The van der Waals surface area contributed by atoms with Crippen LogP contribution >= 0.6 is 15.9 Å². The molecular weight excluding hydrogens is 571 g/mol. The maximum absolute atomic E-state index is 15.2. The summed E-state index contributed by atoms with van der Waals surface area (Å²) in [5, 5.41) is 3.00. The smallest absolute Gasteiger partial charge is 0.238 e. The molecule has 3 aliphatic rings. The van der Waals surface area contributed by atoms with E-state index in [0.29, 0.717) is 22.5 Å². The van der Waals surface area contributed by atoms with Crippen molar-refractivity contribution in [1.29, 1.82) is 0 Å². The molecule has 0 aliphatic carbocycles. The van der Waals surface area contributed by atoms with Crippen LogP contribution in [0.3, 0.4) is 0 Å². The highest BCUT2D eigenvalue weighted by Crippen LogP contribution is 2.58. The van der Waals surface area contributed by atoms with Crippen LogP contribution in [0.5, 0.6) is 0 Å². The van der Waals surface area contributed by atoms with Crippen LogP contribution < -0.4 is 10.2 Å². The third-order valence-electron chi connectivity index (χ3n) is 8.36. The van der Waals surface area contributed by atoms with E-state index in [1.54, 1.807) is 36.4 Å². The second kappa shape index (κ2) is 9.10. The number of Topliss-reactive ketones (excluding diaryl/α,β-unsaturated/α-hetero) is 2. The summed E-state index contributed by atoms with van der Waals surface area (Å²) in [6.07, 6.45) is 3.84. The standard InChI is InChI=1S/C33H22BrFN2O3/c34-21-16-13-20(14-17-21)30(38)28-29(31(39)22-8-2-4-10-24(22)35)37-26-12-6-1-7-19(26)15-18-27(37)33(28)23-9-3-5-11-25(23)36-32(33)40/h1-18,27-29H,(H,36,40)/t27-,28-,29+,33+/m1/s1. The summed E-state index contributed by atoms with van der Waals surface area (Å²) in [6, 6.07) is 25.7. The Hall–Kier alpha value is -4.36. The first-order chi connectivity index (χ1) is 19.4. The summed E-state index contributed by atoms with van der Waals surface area (Å²) in [4.78, 5) is 45.3. The van der Waals surface area contributed by atoms with Gasteiger partial charge in [-0.2, -0.15) is 0 Å². The first-order valence-corrected chi connectivity index (χ1v) is 13.8. The van der Waals surface area contributed by atoms with E-state index in [4.69, 9.17) is 0 Å². The van der Waals surface area contributed by atoms with Crippen LogP contribution in [0.4, 0.5) is 15.8 Å². The Labute approximate surface area is 238 Å². The average Bonchev–Trinajstić information content (AvgIpc) is 3.45. The van der Waals surface area contributed by atoms with Crippen molar-refractivity contribution < 1.29 is 18.8 Å². The lowest BCUT2D eigenvalue weighted by atomic mass is 9.64. The lowest BCUT2D eigenvalue weighted by Crippen LogP contribution is -2.51. The normalized spacial score (nSPS) is 23.9. The zero-order chi connectivity index (χ0) is 27.6. The number of nitrogens with zero attached hydrogens (tertiary/aromatic N) is 1. The van der Waals surface area contributed by atoms with Gasteiger partial charge in [-0.25, -0.2) is 4.39 Å². The largest absolute Gasteiger partial charge is 0.352 e. The SMILES string of the molecule is O=C(c1ccccc1F)[C@@H]1[C@H](C(=O)c2ccc(Br)cc2)[C@@]2(C(=O)Nc3ccccc32)[C@H]2C=Cc3ccccc3N12. The molecule has 1 N–H and O–H groups in total. The van der Waals surface area contributed by atoms with Crippen molar-refractivity contribution in [2.75, 3.05) is 10.2 Å². The lowest BCUT2D eigenvalue weighted by molar-refractivity contribution is -0.121. The Morgan fingerprint density at radius 1 is 0.850 bits per heavy atom. The molecule has 4 aromatic rings. The van der Waals surface area contributed by atoms with E-state index in [2.05, 4.69) is 21.2 Å². The van der Waals surface area contributed by atoms with Crippen LogP contribution in [0.15, 0.2) is 108 Å². The molecule has 0 bridgehead atoms. The van der Waals surface area contributed by atoms with Crippen molar-refractivity contribution in [3.05, 3.63) is 136 Å². The van der Waals surface area contributed by atoms with E-state index in [9.17, 15) is 14.4 Å². The van der Waals surface area contributed by atoms with E-state index in [1.807, 2.05) is 59.5 Å². The number of carbonyl (C=O) groups is 3. The zero-order valence-corrected chi connectivity index (χ0v) is 22.6. The fraction of sp³-hybridized carbons (Fsp3) is 0.121. The number of carbonyl (C=O) groups excluding carboxylic acids is 3. The van der Waals surface area contributed by atoms with Gasteiger partial charge in [0.25, 0.3) is 0 Å². The lowest BCUT2D eigenvalue weighted by Gasteiger charge is -2.37. The average molecular weight is 593 g/mol. The Balaban J connectivity index is 1.55. The van der Waals surface area contributed by atoms with Crippen LogP contribution in [-0.2, 0) is 10.2 Å². The predicted molar refractivity (Wildman–Crippen MR) is 155 cm³/mol. The molecule has 7 rings (SSSR count). The number of para-hydroxylation sites is 2. The van der Waals surface area contributed by atoms with Crippen LogP contribution in [0, 0.1) is 11.7 Å². The van der Waals surface area contributed by atoms with Gasteiger partial charge < -0.3 is 10.2 Å². The highest BCUT2D eigenvalue weighted by molar-refractivity contribution is 9.10. The molecular formula is C33H22BrFN2O3. The molecule has 7 heteroatoms. The number of halogens is 2. The minimum Gasteiger partial charge on any atom is -0.352 e. The number of hydrogen-bond acceptors (Lipinski definition) is 4. The summed E-state index contributed by atoms with van der Waals surface area (Å²) in [5.74, 6) is -3.07.